The molecule has 0 saturated carbocycles. The van der Waals surface area contributed by atoms with Crippen LogP contribution in [-0.4, -0.2) is 64.6 Å². The van der Waals surface area contributed by atoms with Crippen LogP contribution in [0.3, 0.4) is 0 Å². The highest BCUT2D eigenvalue weighted by Crippen LogP contribution is 2.45. The van der Waals surface area contributed by atoms with Crippen molar-refractivity contribution >= 4 is 47.7 Å². The molecule has 1 aromatic heterocycles. The molecule has 3 heterocycles. The number of ether oxygens (including phenoxy) is 2. The number of carbonyl (C=O) groups excluding carboxylic acids is 5. The van der Waals surface area contributed by atoms with Gasteiger partial charge in [0.25, 0.3) is 11.8 Å². The van der Waals surface area contributed by atoms with Crippen LogP contribution in [0.15, 0.2) is 103 Å². The Morgan fingerprint density at radius 3 is 2.29 bits per heavy atom. The molecule has 2 aliphatic rings. The predicted octanol–water partition coefficient (Wildman–Crippen LogP) is 4.61. The van der Waals surface area contributed by atoms with E-state index in [4.69, 9.17) is 15.2 Å². The number of nitrogen functional groups attached to an aromatic ring is 1. The highest BCUT2D eigenvalue weighted by atomic mass is 16.5. The van der Waals surface area contributed by atoms with Crippen molar-refractivity contribution in [2.75, 3.05) is 23.8 Å². The molecule has 2 atom stereocenters. The number of benzene rings is 4. The summed E-state index contributed by atoms with van der Waals surface area (Å²) in [6.45, 7) is 1.92. The van der Waals surface area contributed by atoms with Crippen molar-refractivity contribution < 1.29 is 33.4 Å². The van der Waals surface area contributed by atoms with Crippen molar-refractivity contribution in [1.29, 1.82) is 0 Å². The molecule has 0 bridgehead atoms. The van der Waals surface area contributed by atoms with Crippen LogP contribution < -0.4 is 26.0 Å². The highest BCUT2D eigenvalue weighted by molar-refractivity contribution is 6.14. The number of nitrogens with two attached hydrogens (primary N) is 1. The van der Waals surface area contributed by atoms with Gasteiger partial charge in [-0.15, -0.1) is 0 Å². The molecular weight excluding hydrogens is 713 g/mol. The summed E-state index contributed by atoms with van der Waals surface area (Å²) in [6.07, 6.45) is 2.24. The summed E-state index contributed by atoms with van der Waals surface area (Å²) < 4.78 is 11.5. The lowest BCUT2D eigenvalue weighted by molar-refractivity contribution is -0.149. The Morgan fingerprint density at radius 2 is 1.57 bits per heavy atom. The minimum atomic E-state index is -1.50. The fraction of sp³-hybridized carbons (Fsp3) is 0.233. The maximum Gasteiger partial charge on any atom is 0.329 e. The van der Waals surface area contributed by atoms with Gasteiger partial charge in [0.2, 0.25) is 11.8 Å². The summed E-state index contributed by atoms with van der Waals surface area (Å²) in [7, 11) is 0. The number of rotatable bonds is 15. The van der Waals surface area contributed by atoms with E-state index in [9.17, 15) is 24.0 Å². The number of aldehydes is 2. The van der Waals surface area contributed by atoms with Crippen molar-refractivity contribution in [3.05, 3.63) is 131 Å². The van der Waals surface area contributed by atoms with Gasteiger partial charge in [0.05, 0.1) is 30.1 Å². The zero-order valence-corrected chi connectivity index (χ0v) is 30.7. The second kappa shape index (κ2) is 15.9. The van der Waals surface area contributed by atoms with Crippen molar-refractivity contribution in [2.45, 2.75) is 50.3 Å². The van der Waals surface area contributed by atoms with E-state index in [1.165, 1.54) is 4.90 Å². The Kier molecular flexibility index (Phi) is 10.7. The van der Waals surface area contributed by atoms with Gasteiger partial charge in [-0.3, -0.25) is 19.8 Å². The van der Waals surface area contributed by atoms with Crippen LogP contribution in [0.5, 0.6) is 5.88 Å². The molecule has 13 nitrogen and oxygen atoms in total. The molecule has 56 heavy (non-hydrogen) atoms. The van der Waals surface area contributed by atoms with Crippen LogP contribution in [-0.2, 0) is 43.4 Å². The van der Waals surface area contributed by atoms with E-state index >= 15 is 0 Å². The van der Waals surface area contributed by atoms with E-state index in [0.717, 1.165) is 16.7 Å². The van der Waals surface area contributed by atoms with E-state index in [-0.39, 0.29) is 43.8 Å². The Hall–Kier alpha value is -6.73. The zero-order chi connectivity index (χ0) is 39.3. The van der Waals surface area contributed by atoms with Crippen LogP contribution in [0.1, 0.15) is 45.6 Å². The largest absolute Gasteiger partial charge is 0.478 e. The second-order valence-electron chi connectivity index (χ2n) is 13.9. The fourth-order valence-corrected chi connectivity index (χ4v) is 7.21. The third-order valence-corrected chi connectivity index (χ3v) is 10.1. The molecule has 284 valence electrons. The number of carbonyl (C=O) groups is 5. The normalized spacial score (nSPS) is 18.6. The highest BCUT2D eigenvalue weighted by Gasteiger charge is 2.72. The minimum absolute atomic E-state index is 0.00950. The van der Waals surface area contributed by atoms with Crippen LogP contribution in [0.2, 0.25) is 0 Å². The smallest absolute Gasteiger partial charge is 0.329 e. The minimum Gasteiger partial charge on any atom is -0.478 e. The molecule has 1 saturated heterocycles. The molecule has 0 radical (unpaired) electrons. The Morgan fingerprint density at radius 1 is 0.875 bits per heavy atom. The van der Waals surface area contributed by atoms with E-state index in [0.29, 0.717) is 71.7 Å². The summed E-state index contributed by atoms with van der Waals surface area (Å²) in [5, 5.41) is 5.78. The first-order valence-electron chi connectivity index (χ1n) is 18.2. The van der Waals surface area contributed by atoms with E-state index < -0.39 is 17.0 Å². The third-order valence-electron chi connectivity index (χ3n) is 10.1. The van der Waals surface area contributed by atoms with Gasteiger partial charge >= 0.3 is 5.97 Å². The average Bonchev–Trinajstić information content (AvgIpc) is 3.88. The molecular formula is C43H40N6O7. The van der Waals surface area contributed by atoms with Crippen molar-refractivity contribution in [2.24, 2.45) is 0 Å². The van der Waals surface area contributed by atoms with E-state index in [1.54, 1.807) is 37.3 Å². The van der Waals surface area contributed by atoms with Crippen molar-refractivity contribution in [3.8, 4) is 17.0 Å². The van der Waals surface area contributed by atoms with Gasteiger partial charge in [0.1, 0.15) is 30.3 Å². The number of hydrogen-bond donors (Lipinski definition) is 3. The van der Waals surface area contributed by atoms with Gasteiger partial charge in [0.15, 0.2) is 0 Å². The average molecular weight is 753 g/mol. The molecule has 13 heteroatoms. The van der Waals surface area contributed by atoms with E-state index in [2.05, 4.69) is 20.6 Å². The summed E-state index contributed by atoms with van der Waals surface area (Å²) in [4.78, 5) is 75.1. The molecule has 2 aliphatic heterocycles. The number of nitrogens with zero attached hydrogens (tertiary/aromatic N) is 3. The summed E-state index contributed by atoms with van der Waals surface area (Å²) in [6, 6.07) is 31.2. The maximum atomic E-state index is 13.9. The first-order valence-corrected chi connectivity index (χ1v) is 18.2. The van der Waals surface area contributed by atoms with Crippen molar-refractivity contribution in [3.63, 3.8) is 0 Å². The number of aryl methyl sites for hydroxylation is 2. The van der Waals surface area contributed by atoms with Crippen LogP contribution in [0.4, 0.5) is 17.3 Å². The number of hydrogen-bond acceptors (Lipinski definition) is 11. The number of anilines is 3. The standard InChI is InChI=1S/C43H40N6O7/c1-28-21-37(47-41(44)46-28)55-20-8-11-29-14-16-36-34(22-29)39(53)45-25-38(52)49(36)35-17-15-31(23-33(35)32-12-6-3-7-13-32)24-43(42(27-51,48-43)18-19-50)40(54)56-26-30-9-4-2-5-10-30/h2-7,9-10,12-17,19,21-23,27,48H,8,11,18,20,24-26H2,1H3,(H,45,53)(H2,44,46,47)/t42?,43-/m0/s1. The Balaban J connectivity index is 1.19. The summed E-state index contributed by atoms with van der Waals surface area (Å²) in [5.41, 5.74) is 8.51. The predicted molar refractivity (Wildman–Crippen MR) is 208 cm³/mol. The van der Waals surface area contributed by atoms with Gasteiger partial charge in [-0.2, -0.15) is 4.98 Å². The summed E-state index contributed by atoms with van der Waals surface area (Å²) >= 11 is 0. The van der Waals surface area contributed by atoms with Gasteiger partial charge in [-0.1, -0.05) is 72.8 Å². The molecule has 7 rings (SSSR count). The Labute approximate surface area is 323 Å². The number of nitrogens with one attached hydrogen (secondary N) is 2. The molecule has 4 N–H and O–H groups in total. The number of aromatic nitrogens is 2. The number of fused-ring (bicyclic) bond motifs is 1. The number of esters is 1. The van der Waals surface area contributed by atoms with Crippen LogP contribution in [0, 0.1) is 6.92 Å². The van der Waals surface area contributed by atoms with Crippen LogP contribution >= 0.6 is 0 Å². The lowest BCUT2D eigenvalue weighted by Crippen LogP contribution is -2.39. The van der Waals surface area contributed by atoms with Crippen molar-refractivity contribution in [1.82, 2.24) is 20.6 Å². The molecule has 1 fully saturated rings. The quantitative estimate of drug-likeness (QED) is 0.0586. The molecule has 2 amide bonds. The first kappa shape index (κ1) is 37.6. The molecule has 4 aromatic carbocycles. The Bertz CT molecular complexity index is 2280. The third kappa shape index (κ3) is 7.62. The van der Waals surface area contributed by atoms with Crippen LogP contribution in [0.25, 0.3) is 11.1 Å². The topological polar surface area (TPSA) is 193 Å². The van der Waals surface area contributed by atoms with Gasteiger partial charge in [-0.05, 0) is 66.3 Å². The lowest BCUT2D eigenvalue weighted by Gasteiger charge is -2.26. The van der Waals surface area contributed by atoms with Gasteiger partial charge in [0, 0.05) is 30.2 Å². The maximum absolute atomic E-state index is 13.9. The lowest BCUT2D eigenvalue weighted by atomic mass is 9.85. The van der Waals surface area contributed by atoms with Gasteiger partial charge < -0.3 is 30.1 Å². The monoisotopic (exact) mass is 752 g/mol. The molecule has 0 aliphatic carbocycles. The summed E-state index contributed by atoms with van der Waals surface area (Å²) in [5.74, 6) is -0.855. The fourth-order valence-electron chi connectivity index (χ4n) is 7.21. The first-order chi connectivity index (χ1) is 27.1. The molecule has 5 aromatic rings. The molecule has 1 unspecified atom stereocenters. The molecule has 0 spiro atoms. The zero-order valence-electron chi connectivity index (χ0n) is 30.7. The van der Waals surface area contributed by atoms with Gasteiger partial charge in [-0.25, -0.2) is 9.78 Å². The number of amides is 2. The van der Waals surface area contributed by atoms with E-state index in [1.807, 2.05) is 72.8 Å². The SMILES string of the molecule is Cc1cc(OCCCc2ccc3c(c2)C(=O)NCC(=O)N3c2ccc(C[C@@]3(C(=O)OCc4ccccc4)NC3(C=O)CC=O)cc2-c2ccccc2)nc(N)n1. The second-order valence-corrected chi connectivity index (χ2v) is 13.9.